The normalized spacial score (nSPS) is 16.5. The van der Waals surface area contributed by atoms with E-state index in [1.165, 1.54) is 18.2 Å². The van der Waals surface area contributed by atoms with Crippen molar-refractivity contribution in [2.75, 3.05) is 43.1 Å². The van der Waals surface area contributed by atoms with Crippen molar-refractivity contribution >= 4 is 29.1 Å². The van der Waals surface area contributed by atoms with E-state index in [1.54, 1.807) is 17.0 Å². The molecule has 0 unspecified atom stereocenters. The number of carbonyl (C=O) groups excluding carboxylic acids is 3. The lowest BCUT2D eigenvalue weighted by atomic mass is 10.1. The minimum absolute atomic E-state index is 0.0432. The number of nitrogens with one attached hydrogen (secondary N) is 1. The molecule has 2 aliphatic heterocycles. The third kappa shape index (κ3) is 4.11. The zero-order valence-corrected chi connectivity index (χ0v) is 16.2. The van der Waals surface area contributed by atoms with Gasteiger partial charge in [-0.25, -0.2) is 0 Å². The van der Waals surface area contributed by atoms with Gasteiger partial charge >= 0.3 is 6.18 Å². The highest BCUT2D eigenvalue weighted by Gasteiger charge is 2.37. The first-order valence-electron chi connectivity index (χ1n) is 9.55. The Bertz CT molecular complexity index is 1010. The van der Waals surface area contributed by atoms with Gasteiger partial charge < -0.3 is 15.0 Å². The van der Waals surface area contributed by atoms with Gasteiger partial charge in [0.05, 0.1) is 41.3 Å². The lowest BCUT2D eigenvalue weighted by Gasteiger charge is -2.31. The Morgan fingerprint density at radius 2 is 1.61 bits per heavy atom. The molecule has 1 fully saturated rings. The quantitative estimate of drug-likeness (QED) is 0.751. The van der Waals surface area contributed by atoms with Crippen LogP contribution in [0.5, 0.6) is 0 Å². The molecule has 2 heterocycles. The molecule has 31 heavy (non-hydrogen) atoms. The summed E-state index contributed by atoms with van der Waals surface area (Å²) in [7, 11) is 0. The molecule has 0 bridgehead atoms. The zero-order valence-electron chi connectivity index (χ0n) is 16.2. The number of rotatable bonds is 4. The molecule has 0 aliphatic carbocycles. The number of ether oxygens (including phenoxy) is 1. The number of halogens is 3. The molecule has 1 saturated heterocycles. The number of imide groups is 1. The van der Waals surface area contributed by atoms with Crippen LogP contribution in [0.4, 0.5) is 24.5 Å². The van der Waals surface area contributed by atoms with Crippen LogP contribution >= 0.6 is 0 Å². The predicted octanol–water partition coefficient (Wildman–Crippen LogP) is 2.78. The van der Waals surface area contributed by atoms with Crippen LogP contribution in [0, 0.1) is 0 Å². The number of hydrogen-bond acceptors (Lipinski definition) is 5. The Morgan fingerprint density at radius 1 is 1.00 bits per heavy atom. The Kier molecular flexibility index (Phi) is 5.40. The van der Waals surface area contributed by atoms with E-state index in [-0.39, 0.29) is 16.8 Å². The molecule has 0 aromatic heterocycles. The standard InChI is InChI=1S/C21H18F3N3O4/c22-21(23,24)13-5-6-17(26-7-9-31-10-8-26)16(11-13)25-18(28)12-27-19(29)14-3-1-2-4-15(14)20(27)30/h1-6,11H,7-10,12H2,(H,25,28). The van der Waals surface area contributed by atoms with Gasteiger partial charge in [-0.15, -0.1) is 0 Å². The van der Waals surface area contributed by atoms with E-state index in [2.05, 4.69) is 5.32 Å². The van der Waals surface area contributed by atoms with E-state index in [4.69, 9.17) is 4.74 Å². The number of hydrogen-bond donors (Lipinski definition) is 1. The number of amides is 3. The van der Waals surface area contributed by atoms with Crippen LogP contribution in [0.15, 0.2) is 42.5 Å². The SMILES string of the molecule is O=C(CN1C(=O)c2ccccc2C1=O)Nc1cc(C(F)(F)F)ccc1N1CCOCC1. The number of carbonyl (C=O) groups is 3. The van der Waals surface area contributed by atoms with Gasteiger partial charge in [0.2, 0.25) is 5.91 Å². The van der Waals surface area contributed by atoms with Crippen LogP contribution in [0.25, 0.3) is 0 Å². The van der Waals surface area contributed by atoms with E-state index in [1.807, 2.05) is 0 Å². The Labute approximate surface area is 175 Å². The van der Waals surface area contributed by atoms with Crippen molar-refractivity contribution in [3.05, 3.63) is 59.2 Å². The average molecular weight is 433 g/mol. The highest BCUT2D eigenvalue weighted by atomic mass is 19.4. The summed E-state index contributed by atoms with van der Waals surface area (Å²) in [6, 6.07) is 9.27. The second-order valence-corrected chi connectivity index (χ2v) is 7.12. The second-order valence-electron chi connectivity index (χ2n) is 7.12. The molecule has 7 nitrogen and oxygen atoms in total. The summed E-state index contributed by atoms with van der Waals surface area (Å²) in [5, 5.41) is 2.45. The van der Waals surface area contributed by atoms with Crippen LogP contribution in [0.1, 0.15) is 26.3 Å². The number of fused-ring (bicyclic) bond motifs is 1. The molecule has 0 radical (unpaired) electrons. The van der Waals surface area contributed by atoms with Crippen molar-refractivity contribution in [3.63, 3.8) is 0 Å². The molecule has 4 rings (SSSR count). The molecule has 0 atom stereocenters. The third-order valence-electron chi connectivity index (χ3n) is 5.13. The number of nitrogens with zero attached hydrogens (tertiary/aromatic N) is 2. The van der Waals surface area contributed by atoms with Crippen molar-refractivity contribution in [1.29, 1.82) is 0 Å². The van der Waals surface area contributed by atoms with Crippen LogP contribution < -0.4 is 10.2 Å². The average Bonchev–Trinajstić information content (AvgIpc) is 2.99. The van der Waals surface area contributed by atoms with Gasteiger partial charge in [-0.2, -0.15) is 13.2 Å². The maximum absolute atomic E-state index is 13.2. The largest absolute Gasteiger partial charge is 0.416 e. The van der Waals surface area contributed by atoms with Crippen LogP contribution in [-0.4, -0.2) is 55.5 Å². The molecule has 2 aromatic carbocycles. The molecule has 10 heteroatoms. The topological polar surface area (TPSA) is 79.0 Å². The van der Waals surface area contributed by atoms with Gasteiger partial charge in [0.15, 0.2) is 0 Å². The molecule has 2 aromatic rings. The molecular weight excluding hydrogens is 415 g/mol. The van der Waals surface area contributed by atoms with Crippen molar-refractivity contribution in [2.45, 2.75) is 6.18 Å². The Balaban J connectivity index is 1.57. The Hall–Kier alpha value is -3.40. The summed E-state index contributed by atoms with van der Waals surface area (Å²) in [5.74, 6) is -2.01. The first kappa shape index (κ1) is 20.9. The van der Waals surface area contributed by atoms with Crippen molar-refractivity contribution in [2.24, 2.45) is 0 Å². The minimum atomic E-state index is -4.59. The molecule has 3 amide bonds. The first-order valence-corrected chi connectivity index (χ1v) is 9.55. The van der Waals surface area contributed by atoms with Crippen LogP contribution in [0.3, 0.4) is 0 Å². The maximum Gasteiger partial charge on any atom is 0.416 e. The lowest BCUT2D eigenvalue weighted by Crippen LogP contribution is -2.39. The minimum Gasteiger partial charge on any atom is -0.378 e. The molecule has 162 valence electrons. The number of anilines is 2. The monoisotopic (exact) mass is 433 g/mol. The predicted molar refractivity (Wildman–Crippen MR) is 105 cm³/mol. The molecule has 2 aliphatic rings. The summed E-state index contributed by atoms with van der Waals surface area (Å²) in [6.07, 6.45) is -4.59. The van der Waals surface area contributed by atoms with Crippen LogP contribution in [0.2, 0.25) is 0 Å². The Morgan fingerprint density at radius 3 is 2.19 bits per heavy atom. The first-order chi connectivity index (χ1) is 14.8. The maximum atomic E-state index is 13.2. The van der Waals surface area contributed by atoms with E-state index < -0.39 is 36.0 Å². The van der Waals surface area contributed by atoms with Gasteiger partial charge in [0.1, 0.15) is 6.54 Å². The zero-order chi connectivity index (χ0) is 22.2. The van der Waals surface area contributed by atoms with Gasteiger partial charge in [-0.3, -0.25) is 19.3 Å². The van der Waals surface area contributed by atoms with Crippen LogP contribution in [-0.2, 0) is 15.7 Å². The lowest BCUT2D eigenvalue weighted by molar-refractivity contribution is -0.137. The summed E-state index contributed by atoms with van der Waals surface area (Å²) in [4.78, 5) is 40.1. The summed E-state index contributed by atoms with van der Waals surface area (Å²) < 4.78 is 44.9. The molecular formula is C21H18F3N3O4. The molecule has 1 N–H and O–H groups in total. The van der Waals surface area contributed by atoms with Gasteiger partial charge in [0.25, 0.3) is 11.8 Å². The van der Waals surface area contributed by atoms with Crippen molar-refractivity contribution in [3.8, 4) is 0 Å². The second kappa shape index (κ2) is 8.03. The highest BCUT2D eigenvalue weighted by Crippen LogP contribution is 2.36. The van der Waals surface area contributed by atoms with Gasteiger partial charge in [-0.1, -0.05) is 12.1 Å². The number of alkyl halides is 3. The highest BCUT2D eigenvalue weighted by molar-refractivity contribution is 6.22. The molecule has 0 spiro atoms. The van der Waals surface area contributed by atoms with E-state index in [0.29, 0.717) is 32.0 Å². The third-order valence-corrected chi connectivity index (χ3v) is 5.13. The smallest absolute Gasteiger partial charge is 0.378 e. The van der Waals surface area contributed by atoms with Crippen molar-refractivity contribution in [1.82, 2.24) is 4.90 Å². The summed E-state index contributed by atoms with van der Waals surface area (Å²) >= 11 is 0. The molecule has 0 saturated carbocycles. The summed E-state index contributed by atoms with van der Waals surface area (Å²) in [6.45, 7) is 1.11. The number of benzene rings is 2. The fraction of sp³-hybridized carbons (Fsp3) is 0.286. The van der Waals surface area contributed by atoms with Gasteiger partial charge in [0, 0.05) is 13.1 Å². The van der Waals surface area contributed by atoms with E-state index in [9.17, 15) is 27.6 Å². The summed E-state index contributed by atoms with van der Waals surface area (Å²) in [5.41, 5.74) is -0.173. The number of morpholine rings is 1. The van der Waals surface area contributed by atoms with Gasteiger partial charge in [-0.05, 0) is 30.3 Å². The fourth-order valence-corrected chi connectivity index (χ4v) is 3.61. The van der Waals surface area contributed by atoms with E-state index >= 15 is 0 Å². The van der Waals surface area contributed by atoms with E-state index in [0.717, 1.165) is 17.0 Å². The van der Waals surface area contributed by atoms with Crippen molar-refractivity contribution < 1.29 is 32.3 Å². The fourth-order valence-electron chi connectivity index (χ4n) is 3.61.